The lowest BCUT2D eigenvalue weighted by Crippen LogP contribution is -1.98. The number of hydrogen-bond acceptors (Lipinski definition) is 2. The van der Waals surface area contributed by atoms with E-state index in [4.69, 9.17) is 10.2 Å². The van der Waals surface area contributed by atoms with Crippen LogP contribution in [0.25, 0.3) is 0 Å². The van der Waals surface area contributed by atoms with Crippen molar-refractivity contribution in [3.8, 4) is 0 Å². The Morgan fingerprint density at radius 2 is 0.958 bits per heavy atom. The number of allylic oxidation sites excluding steroid dienone is 1. The van der Waals surface area contributed by atoms with E-state index in [0.717, 1.165) is 12.8 Å². The molecular weight excluding hydrogens is 300 g/mol. The van der Waals surface area contributed by atoms with E-state index in [1.54, 1.807) is 0 Å². The maximum Gasteiger partial charge on any atom is 0.370 e. The minimum atomic E-state index is -1.23. The van der Waals surface area contributed by atoms with Gasteiger partial charge in [0.2, 0.25) is 0 Å². The number of rotatable bonds is 18. The molecule has 0 aromatic carbocycles. The SMILES string of the molecule is CCCCCCCCCCCCCCCCCC/C=C(\O)C(=O)O. The van der Waals surface area contributed by atoms with Crippen molar-refractivity contribution in [1.29, 1.82) is 0 Å². The van der Waals surface area contributed by atoms with Crippen LogP contribution in [0.5, 0.6) is 0 Å². The van der Waals surface area contributed by atoms with Gasteiger partial charge in [-0.05, 0) is 18.9 Å². The molecule has 0 amide bonds. The summed E-state index contributed by atoms with van der Waals surface area (Å²) in [6.45, 7) is 2.27. The fraction of sp³-hybridized carbons (Fsp3) is 0.857. The van der Waals surface area contributed by atoms with E-state index in [1.807, 2.05) is 0 Å². The van der Waals surface area contributed by atoms with E-state index in [1.165, 1.54) is 96.0 Å². The molecule has 0 radical (unpaired) electrons. The molecule has 0 aromatic heterocycles. The number of carboxylic acid groups (broad SMARTS) is 1. The van der Waals surface area contributed by atoms with Crippen LogP contribution >= 0.6 is 0 Å². The van der Waals surface area contributed by atoms with E-state index in [2.05, 4.69) is 6.92 Å². The first kappa shape index (κ1) is 23.0. The van der Waals surface area contributed by atoms with Crippen LogP contribution in [0.1, 0.15) is 116 Å². The molecule has 0 bridgehead atoms. The van der Waals surface area contributed by atoms with E-state index >= 15 is 0 Å². The lowest BCUT2D eigenvalue weighted by atomic mass is 10.0. The van der Waals surface area contributed by atoms with Gasteiger partial charge in [-0.1, -0.05) is 103 Å². The zero-order chi connectivity index (χ0) is 17.9. The van der Waals surface area contributed by atoms with Gasteiger partial charge in [0.05, 0.1) is 0 Å². The van der Waals surface area contributed by atoms with Crippen LogP contribution in [0.3, 0.4) is 0 Å². The zero-order valence-corrected chi connectivity index (χ0v) is 15.9. The summed E-state index contributed by atoms with van der Waals surface area (Å²) in [5, 5.41) is 17.5. The first-order valence-electron chi connectivity index (χ1n) is 10.3. The molecule has 0 fully saturated rings. The smallest absolute Gasteiger partial charge is 0.370 e. The average Bonchev–Trinajstić information content (AvgIpc) is 2.57. The van der Waals surface area contributed by atoms with Gasteiger partial charge in [-0.25, -0.2) is 4.79 Å². The number of unbranched alkanes of at least 4 members (excludes halogenated alkanes) is 16. The quantitative estimate of drug-likeness (QED) is 0.158. The summed E-state index contributed by atoms with van der Waals surface area (Å²) in [6.07, 6.45) is 23.4. The zero-order valence-electron chi connectivity index (χ0n) is 15.9. The van der Waals surface area contributed by atoms with Crippen molar-refractivity contribution in [3.63, 3.8) is 0 Å². The first-order valence-corrected chi connectivity index (χ1v) is 10.3. The van der Waals surface area contributed by atoms with Gasteiger partial charge in [0.25, 0.3) is 0 Å². The number of carboxylic acids is 1. The molecule has 0 aromatic rings. The summed E-state index contributed by atoms with van der Waals surface area (Å²) in [5.41, 5.74) is 0. The number of carbonyl (C=O) groups is 1. The maximum atomic E-state index is 10.4. The third-order valence-corrected chi connectivity index (χ3v) is 4.61. The summed E-state index contributed by atoms with van der Waals surface area (Å²) in [7, 11) is 0. The Labute approximate surface area is 149 Å². The highest BCUT2D eigenvalue weighted by Crippen LogP contribution is 2.14. The second-order valence-corrected chi connectivity index (χ2v) is 6.99. The highest BCUT2D eigenvalue weighted by atomic mass is 16.4. The van der Waals surface area contributed by atoms with E-state index in [-0.39, 0.29) is 0 Å². The largest absolute Gasteiger partial charge is 0.502 e. The predicted molar refractivity (Wildman–Crippen MR) is 103 cm³/mol. The van der Waals surface area contributed by atoms with E-state index in [9.17, 15) is 4.79 Å². The van der Waals surface area contributed by atoms with Gasteiger partial charge in [0.15, 0.2) is 5.76 Å². The molecule has 0 heterocycles. The first-order chi connectivity index (χ1) is 11.7. The lowest BCUT2D eigenvalue weighted by molar-refractivity contribution is -0.135. The maximum absolute atomic E-state index is 10.4. The number of hydrogen-bond donors (Lipinski definition) is 2. The van der Waals surface area contributed by atoms with Crippen LogP contribution in [-0.2, 0) is 4.79 Å². The Bertz CT molecular complexity index is 310. The monoisotopic (exact) mass is 340 g/mol. The fourth-order valence-electron chi connectivity index (χ4n) is 3.02. The van der Waals surface area contributed by atoms with Gasteiger partial charge in [-0.3, -0.25) is 0 Å². The van der Waals surface area contributed by atoms with Crippen LogP contribution in [-0.4, -0.2) is 16.2 Å². The molecule has 3 heteroatoms. The Balaban J connectivity index is 3.10. The Morgan fingerprint density at radius 1 is 0.625 bits per heavy atom. The van der Waals surface area contributed by atoms with Crippen LogP contribution in [0, 0.1) is 0 Å². The minimum absolute atomic E-state index is 0.518. The molecular formula is C21H40O3. The van der Waals surface area contributed by atoms with Crippen molar-refractivity contribution in [1.82, 2.24) is 0 Å². The third-order valence-electron chi connectivity index (χ3n) is 4.61. The van der Waals surface area contributed by atoms with Gasteiger partial charge in [-0.2, -0.15) is 0 Å². The molecule has 2 N–H and O–H groups in total. The molecule has 0 rings (SSSR count). The molecule has 24 heavy (non-hydrogen) atoms. The highest BCUT2D eigenvalue weighted by molar-refractivity contribution is 5.83. The van der Waals surface area contributed by atoms with Crippen molar-refractivity contribution in [2.24, 2.45) is 0 Å². The third kappa shape index (κ3) is 17.4. The summed E-state index contributed by atoms with van der Waals surface area (Å²) in [6, 6.07) is 0. The van der Waals surface area contributed by atoms with Crippen LogP contribution in [0.15, 0.2) is 11.8 Å². The Hall–Kier alpha value is -0.990. The predicted octanol–water partition coefficient (Wildman–Crippen LogP) is 7.16. The lowest BCUT2D eigenvalue weighted by Gasteiger charge is -2.03. The molecule has 142 valence electrons. The van der Waals surface area contributed by atoms with Crippen LogP contribution in [0.4, 0.5) is 0 Å². The van der Waals surface area contributed by atoms with Crippen molar-refractivity contribution < 1.29 is 15.0 Å². The van der Waals surface area contributed by atoms with Gasteiger partial charge in [0.1, 0.15) is 0 Å². The average molecular weight is 341 g/mol. The molecule has 3 nitrogen and oxygen atoms in total. The molecule has 0 aliphatic rings. The second kappa shape index (κ2) is 18.4. The summed E-state index contributed by atoms with van der Waals surface area (Å²) < 4.78 is 0. The van der Waals surface area contributed by atoms with Gasteiger partial charge >= 0.3 is 5.97 Å². The van der Waals surface area contributed by atoms with Crippen LogP contribution in [0.2, 0.25) is 0 Å². The standard InChI is InChI=1S/C21H40O3/c1-2-3-4-5-6-7-8-9-10-11-12-13-14-15-16-17-18-19-20(22)21(23)24/h19,22H,2-18H2,1H3,(H,23,24)/b20-19-. The number of aliphatic hydroxyl groups excluding tert-OH is 1. The molecule has 0 aliphatic carbocycles. The van der Waals surface area contributed by atoms with Crippen LogP contribution < -0.4 is 0 Å². The Morgan fingerprint density at radius 3 is 1.29 bits per heavy atom. The molecule has 0 aliphatic heterocycles. The summed E-state index contributed by atoms with van der Waals surface area (Å²) in [5.74, 6) is -1.75. The topological polar surface area (TPSA) is 57.5 Å². The van der Waals surface area contributed by atoms with Crippen molar-refractivity contribution in [3.05, 3.63) is 11.8 Å². The fourth-order valence-corrected chi connectivity index (χ4v) is 3.02. The summed E-state index contributed by atoms with van der Waals surface area (Å²) >= 11 is 0. The number of aliphatic carboxylic acids is 1. The van der Waals surface area contributed by atoms with Gasteiger partial charge in [0, 0.05) is 0 Å². The van der Waals surface area contributed by atoms with E-state index < -0.39 is 11.7 Å². The van der Waals surface area contributed by atoms with Crippen molar-refractivity contribution in [2.75, 3.05) is 0 Å². The minimum Gasteiger partial charge on any atom is -0.502 e. The normalized spacial score (nSPS) is 11.8. The van der Waals surface area contributed by atoms with Crippen molar-refractivity contribution >= 4 is 5.97 Å². The molecule has 0 saturated heterocycles. The summed E-state index contributed by atoms with van der Waals surface area (Å²) in [4.78, 5) is 10.4. The molecule has 0 unspecified atom stereocenters. The molecule has 0 saturated carbocycles. The van der Waals surface area contributed by atoms with Gasteiger partial charge in [-0.15, -0.1) is 0 Å². The van der Waals surface area contributed by atoms with Gasteiger partial charge < -0.3 is 10.2 Å². The Kier molecular flexibility index (Phi) is 17.6. The molecule has 0 atom stereocenters. The van der Waals surface area contributed by atoms with E-state index in [0.29, 0.717) is 6.42 Å². The van der Waals surface area contributed by atoms with Crippen molar-refractivity contribution in [2.45, 2.75) is 116 Å². The molecule has 0 spiro atoms. The highest BCUT2D eigenvalue weighted by Gasteiger charge is 2.01. The number of aliphatic hydroxyl groups is 1. The second-order valence-electron chi connectivity index (χ2n) is 6.99.